The first-order chi connectivity index (χ1) is 11.5. The van der Waals surface area contributed by atoms with E-state index in [1.165, 1.54) is 12.8 Å². The lowest BCUT2D eigenvalue weighted by Gasteiger charge is -2.36. The van der Waals surface area contributed by atoms with Crippen molar-refractivity contribution in [1.82, 2.24) is 9.80 Å². The standard InChI is InChI=1S/C18H24Cl2N2OS/c1-21(17(23)11-12-4-5-13(19)14(20)10-12)15-6-7-16(24)18(15)22-8-2-3-9-22/h4-5,10,15-16,18,24H,2-3,6-9,11H2,1H3. The van der Waals surface area contributed by atoms with E-state index in [2.05, 4.69) is 4.90 Å². The quantitative estimate of drug-likeness (QED) is 0.792. The molecule has 2 fully saturated rings. The maximum atomic E-state index is 12.8. The fourth-order valence-electron chi connectivity index (χ4n) is 4.02. The van der Waals surface area contributed by atoms with Gasteiger partial charge in [0.15, 0.2) is 0 Å². The van der Waals surface area contributed by atoms with Crippen LogP contribution < -0.4 is 0 Å². The zero-order valence-electron chi connectivity index (χ0n) is 13.9. The van der Waals surface area contributed by atoms with Crippen LogP contribution in [-0.4, -0.2) is 53.2 Å². The molecule has 1 aliphatic carbocycles. The van der Waals surface area contributed by atoms with E-state index < -0.39 is 0 Å². The van der Waals surface area contributed by atoms with Gasteiger partial charge in [-0.25, -0.2) is 0 Å². The Hall–Kier alpha value is -0.420. The summed E-state index contributed by atoms with van der Waals surface area (Å²) in [6.07, 6.45) is 4.96. The molecule has 132 valence electrons. The van der Waals surface area contributed by atoms with Crippen molar-refractivity contribution in [1.29, 1.82) is 0 Å². The van der Waals surface area contributed by atoms with Gasteiger partial charge < -0.3 is 4.90 Å². The topological polar surface area (TPSA) is 23.6 Å². The molecule has 1 amide bonds. The van der Waals surface area contributed by atoms with Crippen molar-refractivity contribution < 1.29 is 4.79 Å². The first-order valence-corrected chi connectivity index (χ1v) is 9.86. The van der Waals surface area contributed by atoms with Gasteiger partial charge in [0.1, 0.15) is 0 Å². The van der Waals surface area contributed by atoms with E-state index in [0.717, 1.165) is 31.5 Å². The van der Waals surface area contributed by atoms with Crippen LogP contribution in [0.4, 0.5) is 0 Å². The smallest absolute Gasteiger partial charge is 0.227 e. The van der Waals surface area contributed by atoms with Crippen molar-refractivity contribution in [3.8, 4) is 0 Å². The van der Waals surface area contributed by atoms with Gasteiger partial charge in [-0.1, -0.05) is 29.3 Å². The number of carbonyl (C=O) groups excluding carboxylic acids is 1. The third-order valence-electron chi connectivity index (χ3n) is 5.34. The van der Waals surface area contributed by atoms with E-state index in [1.807, 2.05) is 18.0 Å². The molecule has 1 aromatic carbocycles. The summed E-state index contributed by atoms with van der Waals surface area (Å²) in [7, 11) is 1.93. The van der Waals surface area contributed by atoms with Crippen LogP contribution in [0.5, 0.6) is 0 Å². The Morgan fingerprint density at radius 2 is 1.96 bits per heavy atom. The number of carbonyl (C=O) groups is 1. The number of likely N-dealkylation sites (N-methyl/N-ethyl adjacent to an activating group) is 1. The minimum Gasteiger partial charge on any atom is -0.341 e. The summed E-state index contributed by atoms with van der Waals surface area (Å²) >= 11 is 16.8. The normalized spacial score (nSPS) is 27.6. The third kappa shape index (κ3) is 3.87. The van der Waals surface area contributed by atoms with Crippen molar-refractivity contribution >= 4 is 41.7 Å². The maximum absolute atomic E-state index is 12.8. The Morgan fingerprint density at radius 1 is 1.25 bits per heavy atom. The summed E-state index contributed by atoms with van der Waals surface area (Å²) in [5, 5.41) is 1.37. The van der Waals surface area contributed by atoms with Crippen LogP contribution in [0.2, 0.25) is 10.0 Å². The Morgan fingerprint density at radius 3 is 2.62 bits per heavy atom. The Kier molecular flexibility index (Phi) is 6.02. The van der Waals surface area contributed by atoms with Gasteiger partial charge >= 0.3 is 0 Å². The highest BCUT2D eigenvalue weighted by Gasteiger charge is 2.42. The molecule has 0 bridgehead atoms. The average molecular weight is 387 g/mol. The van der Waals surface area contributed by atoms with Crippen LogP contribution in [0.15, 0.2) is 18.2 Å². The number of rotatable bonds is 4. The molecule has 1 heterocycles. The number of amides is 1. The lowest BCUT2D eigenvalue weighted by Crippen LogP contribution is -2.51. The zero-order valence-corrected chi connectivity index (χ0v) is 16.3. The molecule has 3 nitrogen and oxygen atoms in total. The monoisotopic (exact) mass is 386 g/mol. The molecule has 24 heavy (non-hydrogen) atoms. The van der Waals surface area contributed by atoms with Crippen molar-refractivity contribution in [3.63, 3.8) is 0 Å². The number of nitrogens with zero attached hydrogens (tertiary/aromatic N) is 2. The lowest BCUT2D eigenvalue weighted by molar-refractivity contribution is -0.132. The van der Waals surface area contributed by atoms with Gasteiger partial charge in [-0.2, -0.15) is 12.6 Å². The summed E-state index contributed by atoms with van der Waals surface area (Å²) in [4.78, 5) is 17.2. The molecule has 0 radical (unpaired) electrons. The van der Waals surface area contributed by atoms with E-state index in [0.29, 0.717) is 27.8 Å². The molecule has 0 aromatic heterocycles. The molecule has 6 heteroatoms. The van der Waals surface area contributed by atoms with E-state index >= 15 is 0 Å². The molecule has 1 saturated carbocycles. The fraction of sp³-hybridized carbons (Fsp3) is 0.611. The van der Waals surface area contributed by atoms with Crippen molar-refractivity contribution in [3.05, 3.63) is 33.8 Å². The maximum Gasteiger partial charge on any atom is 0.227 e. The molecule has 1 saturated heterocycles. The van der Waals surface area contributed by atoms with Crippen molar-refractivity contribution in [2.45, 2.75) is 49.4 Å². The Bertz CT molecular complexity index is 607. The van der Waals surface area contributed by atoms with Crippen LogP contribution in [0.25, 0.3) is 0 Å². The highest BCUT2D eigenvalue weighted by Crippen LogP contribution is 2.34. The summed E-state index contributed by atoms with van der Waals surface area (Å²) in [5.41, 5.74) is 0.902. The third-order valence-corrected chi connectivity index (χ3v) is 6.64. The minimum absolute atomic E-state index is 0.130. The summed E-state index contributed by atoms with van der Waals surface area (Å²) < 4.78 is 0. The van der Waals surface area contributed by atoms with Crippen LogP contribution in [0, 0.1) is 0 Å². The number of hydrogen-bond acceptors (Lipinski definition) is 3. The second kappa shape index (κ2) is 7.86. The van der Waals surface area contributed by atoms with E-state index in [1.54, 1.807) is 12.1 Å². The zero-order chi connectivity index (χ0) is 17.3. The largest absolute Gasteiger partial charge is 0.341 e. The Labute approximate surface area is 159 Å². The number of benzene rings is 1. The molecular formula is C18H24Cl2N2OS. The summed E-state index contributed by atoms with van der Waals surface area (Å²) in [6.45, 7) is 2.26. The SMILES string of the molecule is CN(C(=O)Cc1ccc(Cl)c(Cl)c1)C1CCC(S)C1N1CCCC1. The van der Waals surface area contributed by atoms with Gasteiger partial charge in [-0.15, -0.1) is 0 Å². The first-order valence-electron chi connectivity index (χ1n) is 8.59. The number of thiol groups is 1. The second-order valence-electron chi connectivity index (χ2n) is 6.88. The van der Waals surface area contributed by atoms with E-state index in [-0.39, 0.29) is 11.9 Å². The predicted octanol–water partition coefficient (Wildman–Crippen LogP) is 3.92. The minimum atomic E-state index is 0.130. The van der Waals surface area contributed by atoms with E-state index in [4.69, 9.17) is 35.8 Å². The molecule has 3 unspecified atom stereocenters. The second-order valence-corrected chi connectivity index (χ2v) is 8.35. The number of halogens is 2. The van der Waals surface area contributed by atoms with Crippen LogP contribution in [-0.2, 0) is 11.2 Å². The summed E-state index contributed by atoms with van der Waals surface area (Å²) in [6, 6.07) is 6.02. The van der Waals surface area contributed by atoms with Gasteiger partial charge in [0.25, 0.3) is 0 Å². The van der Waals surface area contributed by atoms with Crippen molar-refractivity contribution in [2.75, 3.05) is 20.1 Å². The van der Waals surface area contributed by atoms with Crippen LogP contribution in [0.1, 0.15) is 31.2 Å². The van der Waals surface area contributed by atoms with Gasteiger partial charge in [0.2, 0.25) is 5.91 Å². The molecule has 1 aromatic rings. The van der Waals surface area contributed by atoms with Crippen LogP contribution >= 0.6 is 35.8 Å². The number of hydrogen-bond donors (Lipinski definition) is 1. The first kappa shape index (κ1) is 18.4. The molecule has 1 aliphatic heterocycles. The predicted molar refractivity (Wildman–Crippen MR) is 103 cm³/mol. The van der Waals surface area contributed by atoms with Crippen molar-refractivity contribution in [2.24, 2.45) is 0 Å². The molecular weight excluding hydrogens is 363 g/mol. The fourth-order valence-corrected chi connectivity index (χ4v) is 4.88. The number of likely N-dealkylation sites (tertiary alicyclic amines) is 1. The molecule has 0 spiro atoms. The average Bonchev–Trinajstić information content (AvgIpc) is 3.19. The molecule has 2 aliphatic rings. The molecule has 3 rings (SSSR count). The molecule has 3 atom stereocenters. The van der Waals surface area contributed by atoms with E-state index in [9.17, 15) is 4.79 Å². The van der Waals surface area contributed by atoms with Gasteiger partial charge in [0.05, 0.1) is 16.5 Å². The highest BCUT2D eigenvalue weighted by atomic mass is 35.5. The lowest BCUT2D eigenvalue weighted by atomic mass is 10.1. The Balaban J connectivity index is 1.68. The van der Waals surface area contributed by atoms with Gasteiger partial charge in [-0.05, 0) is 56.5 Å². The van der Waals surface area contributed by atoms with Gasteiger partial charge in [-0.3, -0.25) is 9.69 Å². The molecule has 0 N–H and O–H groups in total. The van der Waals surface area contributed by atoms with Gasteiger partial charge in [0, 0.05) is 24.4 Å². The highest BCUT2D eigenvalue weighted by molar-refractivity contribution is 7.81. The van der Waals surface area contributed by atoms with Crippen LogP contribution in [0.3, 0.4) is 0 Å². The summed E-state index contributed by atoms with van der Waals surface area (Å²) in [5.74, 6) is 0.130.